The van der Waals surface area contributed by atoms with E-state index in [4.69, 9.17) is 23.2 Å². The van der Waals surface area contributed by atoms with E-state index in [2.05, 4.69) is 5.32 Å². The topological polar surface area (TPSA) is 86.8 Å². The Labute approximate surface area is 253 Å². The molecule has 0 radical (unpaired) electrons. The minimum absolute atomic E-state index is 0.0184. The third-order valence-corrected chi connectivity index (χ3v) is 8.24. The summed E-state index contributed by atoms with van der Waals surface area (Å²) < 4.78 is 26.5. The summed E-state index contributed by atoms with van der Waals surface area (Å²) in [6.45, 7) is 6.00. The molecule has 0 bridgehead atoms. The lowest BCUT2D eigenvalue weighted by Gasteiger charge is -2.32. The molecule has 0 saturated carbocycles. The molecular formula is C31H37Cl2N3O4S. The number of nitrogens with one attached hydrogen (secondary N) is 1. The van der Waals surface area contributed by atoms with Crippen molar-refractivity contribution in [3.8, 4) is 0 Å². The van der Waals surface area contributed by atoms with E-state index in [1.54, 1.807) is 11.0 Å². The van der Waals surface area contributed by atoms with Gasteiger partial charge in [0.05, 0.1) is 17.0 Å². The minimum atomic E-state index is -3.71. The van der Waals surface area contributed by atoms with Crippen LogP contribution in [0.5, 0.6) is 0 Å². The Morgan fingerprint density at radius 1 is 0.927 bits per heavy atom. The van der Waals surface area contributed by atoms with E-state index in [9.17, 15) is 18.0 Å². The van der Waals surface area contributed by atoms with Crippen molar-refractivity contribution in [3.63, 3.8) is 0 Å². The van der Waals surface area contributed by atoms with Crippen LogP contribution >= 0.6 is 23.2 Å². The Morgan fingerprint density at radius 2 is 1.59 bits per heavy atom. The van der Waals surface area contributed by atoms with Gasteiger partial charge in [0.15, 0.2) is 0 Å². The normalized spacial score (nSPS) is 12.2. The molecule has 41 heavy (non-hydrogen) atoms. The number of aryl methyl sites for hydroxylation is 1. The molecule has 220 valence electrons. The number of hydrogen-bond donors (Lipinski definition) is 1. The molecule has 3 aromatic rings. The van der Waals surface area contributed by atoms with E-state index in [1.807, 2.05) is 75.4 Å². The number of halogens is 2. The highest BCUT2D eigenvalue weighted by Gasteiger charge is 2.31. The summed E-state index contributed by atoms with van der Waals surface area (Å²) in [5.41, 5.74) is 3.16. The van der Waals surface area contributed by atoms with Gasteiger partial charge in [-0.1, -0.05) is 83.4 Å². The summed E-state index contributed by atoms with van der Waals surface area (Å²) in [6, 6.07) is 21.1. The molecule has 3 rings (SSSR count). The molecule has 10 heteroatoms. The molecule has 2 amide bonds. The second-order valence-corrected chi connectivity index (χ2v) is 13.2. The first-order valence-corrected chi connectivity index (χ1v) is 16.1. The molecule has 1 atom stereocenters. The van der Waals surface area contributed by atoms with Crippen molar-refractivity contribution >= 4 is 50.7 Å². The second kappa shape index (κ2) is 14.7. The van der Waals surface area contributed by atoms with Crippen molar-refractivity contribution in [2.75, 3.05) is 17.1 Å². The molecule has 3 aromatic carbocycles. The van der Waals surface area contributed by atoms with Crippen LogP contribution in [0.25, 0.3) is 0 Å². The van der Waals surface area contributed by atoms with Crippen LogP contribution in [0.15, 0.2) is 72.8 Å². The van der Waals surface area contributed by atoms with Crippen LogP contribution in [0, 0.1) is 6.92 Å². The van der Waals surface area contributed by atoms with Gasteiger partial charge in [-0.25, -0.2) is 8.42 Å². The molecule has 0 aliphatic heterocycles. The average Bonchev–Trinajstić information content (AvgIpc) is 2.90. The molecule has 0 fully saturated rings. The highest BCUT2D eigenvalue weighted by Crippen LogP contribution is 2.31. The van der Waals surface area contributed by atoms with Gasteiger partial charge in [-0.3, -0.25) is 13.9 Å². The number of anilines is 1. The number of carbonyl (C=O) groups is 2. The Balaban J connectivity index is 1.89. The summed E-state index contributed by atoms with van der Waals surface area (Å²) in [5, 5.41) is 3.56. The van der Waals surface area contributed by atoms with Crippen molar-refractivity contribution in [1.29, 1.82) is 0 Å². The predicted molar refractivity (Wildman–Crippen MR) is 167 cm³/mol. The number of rotatable bonds is 13. The van der Waals surface area contributed by atoms with Crippen LogP contribution in [0.1, 0.15) is 43.4 Å². The average molecular weight is 619 g/mol. The maximum absolute atomic E-state index is 13.9. The van der Waals surface area contributed by atoms with Crippen molar-refractivity contribution in [2.24, 2.45) is 0 Å². The maximum Gasteiger partial charge on any atom is 0.243 e. The van der Waals surface area contributed by atoms with Gasteiger partial charge in [-0.15, -0.1) is 0 Å². The maximum atomic E-state index is 13.9. The van der Waals surface area contributed by atoms with E-state index < -0.39 is 16.1 Å². The first-order valence-electron chi connectivity index (χ1n) is 13.5. The van der Waals surface area contributed by atoms with Gasteiger partial charge in [-0.05, 0) is 56.5 Å². The van der Waals surface area contributed by atoms with E-state index in [-0.39, 0.29) is 54.5 Å². The zero-order valence-electron chi connectivity index (χ0n) is 23.8. The fraction of sp³-hybridized carbons (Fsp3) is 0.355. The first-order chi connectivity index (χ1) is 19.3. The molecule has 1 N–H and O–H groups in total. The fourth-order valence-corrected chi connectivity index (χ4v) is 5.89. The molecule has 0 aliphatic rings. The van der Waals surface area contributed by atoms with Crippen molar-refractivity contribution < 1.29 is 18.0 Å². The van der Waals surface area contributed by atoms with E-state index in [0.717, 1.165) is 27.3 Å². The number of sulfonamides is 1. The Kier molecular flexibility index (Phi) is 11.6. The Bertz CT molecular complexity index is 1430. The van der Waals surface area contributed by atoms with Crippen molar-refractivity contribution in [3.05, 3.63) is 99.5 Å². The molecule has 0 unspecified atom stereocenters. The van der Waals surface area contributed by atoms with Crippen molar-refractivity contribution in [2.45, 2.75) is 58.7 Å². The van der Waals surface area contributed by atoms with Gasteiger partial charge in [0, 0.05) is 37.0 Å². The molecule has 0 heterocycles. The molecular weight excluding hydrogens is 581 g/mol. The van der Waals surface area contributed by atoms with Crippen LogP contribution in [0.4, 0.5) is 5.69 Å². The number of nitrogens with zero attached hydrogens (tertiary/aromatic N) is 2. The zero-order chi connectivity index (χ0) is 30.2. The van der Waals surface area contributed by atoms with Crippen LogP contribution in [-0.2, 0) is 32.6 Å². The largest absolute Gasteiger partial charge is 0.352 e. The van der Waals surface area contributed by atoms with Crippen LogP contribution in [0.2, 0.25) is 10.0 Å². The Hall–Kier alpha value is -3.07. The highest BCUT2D eigenvalue weighted by atomic mass is 35.5. The van der Waals surface area contributed by atoms with Gasteiger partial charge < -0.3 is 10.2 Å². The summed E-state index contributed by atoms with van der Waals surface area (Å²) in [4.78, 5) is 29.0. The lowest BCUT2D eigenvalue weighted by atomic mass is 10.0. The van der Waals surface area contributed by atoms with Gasteiger partial charge in [0.2, 0.25) is 21.8 Å². The molecule has 0 saturated heterocycles. The third-order valence-electron chi connectivity index (χ3n) is 6.50. The quantitative estimate of drug-likeness (QED) is 0.254. The van der Waals surface area contributed by atoms with Gasteiger partial charge in [0.1, 0.15) is 6.04 Å². The monoisotopic (exact) mass is 617 g/mol. The van der Waals surface area contributed by atoms with Crippen LogP contribution < -0.4 is 9.62 Å². The minimum Gasteiger partial charge on any atom is -0.352 e. The highest BCUT2D eigenvalue weighted by molar-refractivity contribution is 7.92. The van der Waals surface area contributed by atoms with E-state index >= 15 is 0 Å². The lowest BCUT2D eigenvalue weighted by Crippen LogP contribution is -2.51. The van der Waals surface area contributed by atoms with Gasteiger partial charge >= 0.3 is 0 Å². The molecule has 7 nitrogen and oxygen atoms in total. The first kappa shape index (κ1) is 32.4. The summed E-state index contributed by atoms with van der Waals surface area (Å²) >= 11 is 12.4. The SMILES string of the molecule is Cc1ccc(CN(C(=O)CCCN(c2cc(Cl)ccc2Cl)S(C)(=O)=O)[C@H](Cc2ccccc2)C(=O)NC(C)C)cc1. The predicted octanol–water partition coefficient (Wildman–Crippen LogP) is 6.01. The van der Waals surface area contributed by atoms with Crippen LogP contribution in [-0.4, -0.2) is 50.0 Å². The summed E-state index contributed by atoms with van der Waals surface area (Å²) in [5.74, 6) is -0.496. The van der Waals surface area contributed by atoms with Crippen LogP contribution in [0.3, 0.4) is 0 Å². The number of benzene rings is 3. The number of hydrogen-bond acceptors (Lipinski definition) is 4. The smallest absolute Gasteiger partial charge is 0.243 e. The third kappa shape index (κ3) is 9.76. The fourth-order valence-electron chi connectivity index (χ4n) is 4.48. The number of carbonyl (C=O) groups excluding carboxylic acids is 2. The second-order valence-electron chi connectivity index (χ2n) is 10.4. The molecule has 0 aromatic heterocycles. The zero-order valence-corrected chi connectivity index (χ0v) is 26.1. The Morgan fingerprint density at radius 3 is 2.20 bits per heavy atom. The number of amides is 2. The van der Waals surface area contributed by atoms with Gasteiger partial charge in [-0.2, -0.15) is 0 Å². The van der Waals surface area contributed by atoms with E-state index in [1.165, 1.54) is 12.1 Å². The summed E-state index contributed by atoms with van der Waals surface area (Å²) in [6.07, 6.45) is 1.66. The summed E-state index contributed by atoms with van der Waals surface area (Å²) in [7, 11) is -3.71. The van der Waals surface area contributed by atoms with E-state index in [0.29, 0.717) is 11.4 Å². The molecule has 0 spiro atoms. The lowest BCUT2D eigenvalue weighted by molar-refractivity contribution is -0.141. The van der Waals surface area contributed by atoms with Crippen molar-refractivity contribution in [1.82, 2.24) is 10.2 Å². The molecule has 0 aliphatic carbocycles. The standard InChI is InChI=1S/C31H37Cl2N3O4S/c1-22(2)34-31(38)29(19-24-9-6-5-7-10-24)35(21-25-14-12-23(3)13-15-25)30(37)11-8-18-36(41(4,39)40)28-20-26(32)16-17-27(28)33/h5-7,9-10,12-17,20,22,29H,8,11,18-19,21H2,1-4H3,(H,34,38)/t29-/m1/s1. The van der Waals surface area contributed by atoms with Gasteiger partial charge in [0.25, 0.3) is 0 Å².